The van der Waals surface area contributed by atoms with Crippen molar-refractivity contribution in [2.24, 2.45) is 5.73 Å². The Bertz CT molecular complexity index is 1320. The molecule has 0 aliphatic rings. The molecule has 1 aromatic heterocycles. The summed E-state index contributed by atoms with van der Waals surface area (Å²) >= 11 is 0. The van der Waals surface area contributed by atoms with Crippen LogP contribution in [0.1, 0.15) is 11.1 Å². The number of hydrogen-bond acceptors (Lipinski definition) is 5. The Morgan fingerprint density at radius 1 is 1.14 bits per heavy atom. The predicted octanol–water partition coefficient (Wildman–Crippen LogP) is 1.84. The van der Waals surface area contributed by atoms with Crippen LogP contribution in [-0.2, 0) is 28.4 Å². The van der Waals surface area contributed by atoms with Gasteiger partial charge in [0.15, 0.2) is 9.84 Å². The molecule has 0 spiro atoms. The molecule has 0 unspecified atom stereocenters. The van der Waals surface area contributed by atoms with Crippen LogP contribution in [-0.4, -0.2) is 24.2 Å². The van der Waals surface area contributed by atoms with Crippen molar-refractivity contribution in [1.82, 2.24) is 9.55 Å². The summed E-state index contributed by atoms with van der Waals surface area (Å²) in [4.78, 5) is 26.9. The molecule has 3 N–H and O–H groups in total. The van der Waals surface area contributed by atoms with Crippen LogP contribution in [0.2, 0.25) is 0 Å². The van der Waals surface area contributed by atoms with E-state index in [2.05, 4.69) is 4.98 Å². The van der Waals surface area contributed by atoms with Crippen LogP contribution in [0.15, 0.2) is 46.0 Å². The summed E-state index contributed by atoms with van der Waals surface area (Å²) in [7, 11) is -3.74. The molecule has 0 radical (unpaired) electrons. The number of hydrogen-bond donors (Lipinski definition) is 2. The number of alkyl halides is 3. The fraction of sp³-hybridized carbons (Fsp3) is 0.222. The molecule has 0 bridgehead atoms. The van der Waals surface area contributed by atoms with E-state index in [0.717, 1.165) is 12.3 Å². The second kappa shape index (κ2) is 7.16. The number of nitrogens with zero attached hydrogens (tertiary/aromatic N) is 1. The minimum absolute atomic E-state index is 0.108. The second-order valence-electron chi connectivity index (χ2n) is 6.56. The van der Waals surface area contributed by atoms with Crippen LogP contribution in [0.5, 0.6) is 0 Å². The first-order chi connectivity index (χ1) is 13.4. The molecular formula is C18H16F3N3O4S. The van der Waals surface area contributed by atoms with Crippen molar-refractivity contribution in [3.05, 3.63) is 68.4 Å². The van der Waals surface area contributed by atoms with E-state index in [0.29, 0.717) is 16.2 Å². The molecule has 154 valence electrons. The van der Waals surface area contributed by atoms with Gasteiger partial charge in [0.1, 0.15) is 5.88 Å². The SMILES string of the molecule is CS(=O)(=O)Cn1c(=O)[nH]c2cc(C(F)(F)F)c(-c3cccc(CN)c3)cc2c1=O. The summed E-state index contributed by atoms with van der Waals surface area (Å²) < 4.78 is 64.5. The Kier molecular flexibility index (Phi) is 5.13. The molecule has 11 heteroatoms. The highest BCUT2D eigenvalue weighted by atomic mass is 32.2. The quantitative estimate of drug-likeness (QED) is 0.659. The molecule has 0 amide bonds. The highest BCUT2D eigenvalue weighted by Gasteiger charge is 2.34. The lowest BCUT2D eigenvalue weighted by atomic mass is 9.96. The first kappa shape index (κ1) is 20.8. The number of fused-ring (bicyclic) bond motifs is 1. The van der Waals surface area contributed by atoms with Crippen molar-refractivity contribution in [3.8, 4) is 11.1 Å². The molecule has 1 heterocycles. The number of H-pyrrole nitrogens is 1. The summed E-state index contributed by atoms with van der Waals surface area (Å²) in [6.07, 6.45) is -3.93. The van der Waals surface area contributed by atoms with Gasteiger partial charge in [-0.25, -0.2) is 17.8 Å². The van der Waals surface area contributed by atoms with E-state index in [-0.39, 0.29) is 28.6 Å². The number of aromatic nitrogens is 2. The summed E-state index contributed by atoms with van der Waals surface area (Å²) in [6, 6.07) is 7.77. The van der Waals surface area contributed by atoms with Gasteiger partial charge in [0.2, 0.25) is 0 Å². The van der Waals surface area contributed by atoms with Crippen molar-refractivity contribution in [1.29, 1.82) is 0 Å². The smallest absolute Gasteiger partial charge is 0.326 e. The zero-order valence-electron chi connectivity index (χ0n) is 15.1. The fourth-order valence-electron chi connectivity index (χ4n) is 2.99. The Hall–Kier alpha value is -2.92. The lowest BCUT2D eigenvalue weighted by Gasteiger charge is -2.15. The topological polar surface area (TPSA) is 115 Å². The van der Waals surface area contributed by atoms with Gasteiger partial charge in [-0.3, -0.25) is 4.79 Å². The third-order valence-corrected chi connectivity index (χ3v) is 4.99. The zero-order chi connectivity index (χ0) is 21.6. The fourth-order valence-corrected chi connectivity index (χ4v) is 3.69. The lowest BCUT2D eigenvalue weighted by molar-refractivity contribution is -0.137. The number of nitrogens with one attached hydrogen (secondary N) is 1. The van der Waals surface area contributed by atoms with Gasteiger partial charge < -0.3 is 10.7 Å². The van der Waals surface area contributed by atoms with Gasteiger partial charge in [-0.15, -0.1) is 0 Å². The van der Waals surface area contributed by atoms with Gasteiger partial charge in [0.05, 0.1) is 16.5 Å². The maximum atomic E-state index is 13.7. The summed E-state index contributed by atoms with van der Waals surface area (Å²) in [6.45, 7) is 0.108. The summed E-state index contributed by atoms with van der Waals surface area (Å²) in [5.74, 6) is -0.893. The van der Waals surface area contributed by atoms with E-state index in [1.165, 1.54) is 18.2 Å². The molecule has 29 heavy (non-hydrogen) atoms. The highest BCUT2D eigenvalue weighted by Crippen LogP contribution is 2.38. The highest BCUT2D eigenvalue weighted by molar-refractivity contribution is 7.89. The lowest BCUT2D eigenvalue weighted by Crippen LogP contribution is -2.37. The molecule has 7 nitrogen and oxygen atoms in total. The van der Waals surface area contributed by atoms with E-state index in [1.54, 1.807) is 6.07 Å². The van der Waals surface area contributed by atoms with E-state index in [9.17, 15) is 31.2 Å². The maximum Gasteiger partial charge on any atom is 0.417 e. The molecule has 0 saturated heterocycles. The molecule has 0 fully saturated rings. The Labute approximate surface area is 162 Å². The van der Waals surface area contributed by atoms with Gasteiger partial charge in [0, 0.05) is 12.8 Å². The van der Waals surface area contributed by atoms with Crippen LogP contribution in [0.4, 0.5) is 13.2 Å². The number of halogens is 3. The number of nitrogens with two attached hydrogens (primary N) is 1. The van der Waals surface area contributed by atoms with E-state index in [1.807, 2.05) is 0 Å². The monoisotopic (exact) mass is 427 g/mol. The Morgan fingerprint density at radius 2 is 1.83 bits per heavy atom. The maximum absolute atomic E-state index is 13.7. The standard InChI is InChI=1S/C18H16F3N3O4S/c1-29(27,28)9-24-16(25)13-6-12(11-4-2-3-10(5-11)8-22)14(18(19,20)21)7-15(13)23-17(24)26/h2-7H,8-9,22H2,1H3,(H,23,26). The van der Waals surface area contributed by atoms with Gasteiger partial charge in [0.25, 0.3) is 5.56 Å². The zero-order valence-corrected chi connectivity index (χ0v) is 15.9. The van der Waals surface area contributed by atoms with Crippen molar-refractivity contribution < 1.29 is 21.6 Å². The van der Waals surface area contributed by atoms with E-state index in [4.69, 9.17) is 5.73 Å². The summed E-state index contributed by atoms with van der Waals surface area (Å²) in [5.41, 5.74) is 2.55. The minimum Gasteiger partial charge on any atom is -0.326 e. The molecule has 3 rings (SSSR count). The molecular weight excluding hydrogens is 411 g/mol. The molecule has 0 saturated carbocycles. The second-order valence-corrected chi connectivity index (χ2v) is 8.67. The van der Waals surface area contributed by atoms with Gasteiger partial charge in [-0.05, 0) is 34.9 Å². The number of rotatable bonds is 4. The van der Waals surface area contributed by atoms with Gasteiger partial charge in [-0.1, -0.05) is 18.2 Å². The number of sulfone groups is 1. The molecule has 0 aliphatic carbocycles. The van der Waals surface area contributed by atoms with Crippen molar-refractivity contribution >= 4 is 20.7 Å². The predicted molar refractivity (Wildman–Crippen MR) is 102 cm³/mol. The van der Waals surface area contributed by atoms with Crippen molar-refractivity contribution in [2.45, 2.75) is 18.6 Å². The van der Waals surface area contributed by atoms with Crippen molar-refractivity contribution in [2.75, 3.05) is 6.26 Å². The van der Waals surface area contributed by atoms with Crippen LogP contribution < -0.4 is 17.0 Å². The van der Waals surface area contributed by atoms with Crippen LogP contribution >= 0.6 is 0 Å². The average Bonchev–Trinajstić information content (AvgIpc) is 2.63. The van der Waals surface area contributed by atoms with Crippen molar-refractivity contribution in [3.63, 3.8) is 0 Å². The first-order valence-corrected chi connectivity index (χ1v) is 10.3. The third-order valence-electron chi connectivity index (χ3n) is 4.26. The third kappa shape index (κ3) is 4.25. The Balaban J connectivity index is 2.40. The Morgan fingerprint density at radius 3 is 2.41 bits per heavy atom. The van der Waals surface area contributed by atoms with E-state index < -0.39 is 38.7 Å². The number of benzene rings is 2. The average molecular weight is 427 g/mol. The summed E-state index contributed by atoms with van der Waals surface area (Å²) in [5, 5.41) is -0.241. The van der Waals surface area contributed by atoms with Crippen LogP contribution in [0, 0.1) is 0 Å². The van der Waals surface area contributed by atoms with Crippen LogP contribution in [0.25, 0.3) is 22.0 Å². The molecule has 0 aliphatic heterocycles. The number of aromatic amines is 1. The van der Waals surface area contributed by atoms with Gasteiger partial charge >= 0.3 is 11.9 Å². The largest absolute Gasteiger partial charge is 0.417 e. The minimum atomic E-state index is -4.76. The van der Waals surface area contributed by atoms with Gasteiger partial charge in [-0.2, -0.15) is 13.2 Å². The van der Waals surface area contributed by atoms with Crippen LogP contribution in [0.3, 0.4) is 0 Å². The molecule has 0 atom stereocenters. The normalized spacial score (nSPS) is 12.4. The molecule has 3 aromatic rings. The van der Waals surface area contributed by atoms with E-state index >= 15 is 0 Å². The first-order valence-electron chi connectivity index (χ1n) is 8.26. The molecule has 2 aromatic carbocycles.